The molecule has 0 aromatic heterocycles. The van der Waals surface area contributed by atoms with Gasteiger partial charge >= 0.3 is 11.9 Å². The molecule has 154 valence electrons. The fourth-order valence-electron chi connectivity index (χ4n) is 3.57. The Balaban J connectivity index is 2.19. The number of hydrogen-bond donors (Lipinski definition) is 0. The highest BCUT2D eigenvalue weighted by Crippen LogP contribution is 2.60. The summed E-state index contributed by atoms with van der Waals surface area (Å²) in [6.07, 6.45) is 1.79. The number of esters is 2. The average Bonchev–Trinajstić information content (AvgIpc) is 3.20. The van der Waals surface area contributed by atoms with Crippen molar-refractivity contribution in [2.75, 3.05) is 7.11 Å². The zero-order valence-electron chi connectivity index (χ0n) is 16.9. The Morgan fingerprint density at radius 3 is 2.25 bits per heavy atom. The van der Waals surface area contributed by atoms with Crippen molar-refractivity contribution >= 4 is 11.9 Å². The number of hydrogen-bond acceptors (Lipinski definition) is 4. The van der Waals surface area contributed by atoms with E-state index < -0.39 is 52.9 Å². The van der Waals surface area contributed by atoms with E-state index in [-0.39, 0.29) is 23.5 Å². The molecule has 1 fully saturated rings. The summed E-state index contributed by atoms with van der Waals surface area (Å²) in [5.41, 5.74) is -0.762. The zero-order chi connectivity index (χ0) is 21.4. The molecule has 1 aromatic carbocycles. The summed E-state index contributed by atoms with van der Waals surface area (Å²) < 4.78 is 52.3. The summed E-state index contributed by atoms with van der Waals surface area (Å²) in [4.78, 5) is 24.0. The minimum Gasteiger partial charge on any atom is -0.466 e. The Bertz CT molecular complexity index is 843. The summed E-state index contributed by atoms with van der Waals surface area (Å²) in [5.74, 6) is -5.18. The van der Waals surface area contributed by atoms with Crippen molar-refractivity contribution in [1.82, 2.24) is 0 Å². The highest BCUT2D eigenvalue weighted by Gasteiger charge is 2.61. The lowest BCUT2D eigenvalue weighted by Crippen LogP contribution is -2.14. The van der Waals surface area contributed by atoms with Crippen LogP contribution in [0.5, 0.6) is 0 Å². The predicted octanol–water partition coefficient (Wildman–Crippen LogP) is 4.41. The lowest BCUT2D eigenvalue weighted by atomic mass is 10.0. The van der Waals surface area contributed by atoms with Crippen LogP contribution in [0.2, 0.25) is 0 Å². The van der Waals surface area contributed by atoms with Gasteiger partial charge in [0.15, 0.2) is 11.6 Å². The lowest BCUT2D eigenvalue weighted by Gasteiger charge is -2.14. The number of allylic oxidation sites excluding steroid dienone is 1. The fourth-order valence-corrected chi connectivity index (χ4v) is 3.57. The number of halogens is 3. The first-order chi connectivity index (χ1) is 13.0. The van der Waals surface area contributed by atoms with Gasteiger partial charge in [-0.15, -0.1) is 0 Å². The van der Waals surface area contributed by atoms with Gasteiger partial charge in [-0.1, -0.05) is 26.8 Å². The summed E-state index contributed by atoms with van der Waals surface area (Å²) in [7, 11) is 1.27. The Morgan fingerprint density at radius 1 is 1.11 bits per heavy atom. The van der Waals surface area contributed by atoms with Crippen LogP contribution in [0.1, 0.15) is 44.4 Å². The molecule has 1 saturated carbocycles. The molecule has 0 radical (unpaired) electrons. The number of benzene rings is 1. The van der Waals surface area contributed by atoms with Crippen molar-refractivity contribution < 1.29 is 32.2 Å². The SMILES string of the molecule is CCc1c(F)c(C)c(F)c(F)c1COC(=O)[C@@H]1[C@@H](/C=C(\C)C(=O)OC)C1(C)C. The van der Waals surface area contributed by atoms with Crippen LogP contribution in [-0.2, 0) is 32.1 Å². The Morgan fingerprint density at radius 2 is 1.71 bits per heavy atom. The molecule has 4 nitrogen and oxygen atoms in total. The van der Waals surface area contributed by atoms with Crippen LogP contribution in [0.3, 0.4) is 0 Å². The molecule has 0 spiro atoms. The summed E-state index contributed by atoms with van der Waals surface area (Å²) >= 11 is 0. The van der Waals surface area contributed by atoms with Gasteiger partial charge in [0.2, 0.25) is 0 Å². The van der Waals surface area contributed by atoms with Gasteiger partial charge in [-0.3, -0.25) is 4.79 Å². The van der Waals surface area contributed by atoms with E-state index in [9.17, 15) is 22.8 Å². The molecule has 0 saturated heterocycles. The molecule has 0 unspecified atom stereocenters. The van der Waals surface area contributed by atoms with E-state index in [0.29, 0.717) is 5.57 Å². The van der Waals surface area contributed by atoms with E-state index in [1.54, 1.807) is 19.9 Å². The zero-order valence-corrected chi connectivity index (χ0v) is 16.9. The second kappa shape index (κ2) is 7.97. The highest BCUT2D eigenvalue weighted by atomic mass is 19.2. The largest absolute Gasteiger partial charge is 0.466 e. The van der Waals surface area contributed by atoms with Gasteiger partial charge in [-0.2, -0.15) is 0 Å². The third-order valence-corrected chi connectivity index (χ3v) is 5.56. The Kier molecular flexibility index (Phi) is 6.26. The second-order valence-corrected chi connectivity index (χ2v) is 7.65. The summed E-state index contributed by atoms with van der Waals surface area (Å²) in [6, 6.07) is 0. The van der Waals surface area contributed by atoms with Crippen LogP contribution in [0.4, 0.5) is 13.2 Å². The molecule has 0 bridgehead atoms. The molecular formula is C21H25F3O4. The van der Waals surface area contributed by atoms with Crippen LogP contribution >= 0.6 is 0 Å². The van der Waals surface area contributed by atoms with E-state index >= 15 is 0 Å². The quantitative estimate of drug-likeness (QED) is 0.405. The van der Waals surface area contributed by atoms with Crippen molar-refractivity contribution in [3.05, 3.63) is 45.8 Å². The molecule has 0 aliphatic heterocycles. The van der Waals surface area contributed by atoms with E-state index in [1.165, 1.54) is 7.11 Å². The van der Waals surface area contributed by atoms with Crippen LogP contribution < -0.4 is 0 Å². The Hall–Kier alpha value is -2.31. The number of carbonyl (C=O) groups excluding carboxylic acids is 2. The average molecular weight is 398 g/mol. The van der Waals surface area contributed by atoms with Crippen molar-refractivity contribution in [3.63, 3.8) is 0 Å². The van der Waals surface area contributed by atoms with Gasteiger partial charge < -0.3 is 9.47 Å². The van der Waals surface area contributed by atoms with Crippen molar-refractivity contribution in [2.45, 2.75) is 47.6 Å². The third-order valence-electron chi connectivity index (χ3n) is 5.56. The second-order valence-electron chi connectivity index (χ2n) is 7.65. The van der Waals surface area contributed by atoms with Crippen LogP contribution in [0.25, 0.3) is 0 Å². The summed E-state index contributed by atoms with van der Waals surface area (Å²) in [6.45, 7) is 7.49. The van der Waals surface area contributed by atoms with E-state index in [1.807, 2.05) is 13.8 Å². The molecule has 1 aliphatic rings. The monoisotopic (exact) mass is 398 g/mol. The van der Waals surface area contributed by atoms with Gasteiger partial charge in [0.25, 0.3) is 0 Å². The van der Waals surface area contributed by atoms with Gasteiger partial charge in [0.1, 0.15) is 12.4 Å². The van der Waals surface area contributed by atoms with Crippen molar-refractivity contribution in [3.8, 4) is 0 Å². The molecule has 2 rings (SSSR count). The van der Waals surface area contributed by atoms with Crippen LogP contribution in [0.15, 0.2) is 11.6 Å². The topological polar surface area (TPSA) is 52.6 Å². The first kappa shape index (κ1) is 22.0. The van der Waals surface area contributed by atoms with Crippen molar-refractivity contribution in [1.29, 1.82) is 0 Å². The van der Waals surface area contributed by atoms with Crippen LogP contribution in [0, 0.1) is 41.6 Å². The molecule has 7 heteroatoms. The normalized spacial score (nSPS) is 20.7. The van der Waals surface area contributed by atoms with E-state index in [2.05, 4.69) is 4.74 Å². The van der Waals surface area contributed by atoms with Gasteiger partial charge in [0.05, 0.1) is 13.0 Å². The minimum absolute atomic E-state index is 0.00256. The van der Waals surface area contributed by atoms with Gasteiger partial charge in [-0.25, -0.2) is 18.0 Å². The molecule has 1 aliphatic carbocycles. The maximum atomic E-state index is 14.3. The van der Waals surface area contributed by atoms with E-state index in [4.69, 9.17) is 4.74 Å². The van der Waals surface area contributed by atoms with E-state index in [0.717, 1.165) is 6.92 Å². The summed E-state index contributed by atoms with van der Waals surface area (Å²) in [5, 5.41) is 0. The maximum Gasteiger partial charge on any atom is 0.333 e. The first-order valence-corrected chi connectivity index (χ1v) is 9.07. The number of ether oxygens (including phenoxy) is 2. The molecule has 0 amide bonds. The number of methoxy groups -OCH3 is 1. The third kappa shape index (κ3) is 3.80. The van der Waals surface area contributed by atoms with Gasteiger partial charge in [-0.05, 0) is 37.2 Å². The maximum absolute atomic E-state index is 14.3. The molecule has 28 heavy (non-hydrogen) atoms. The highest BCUT2D eigenvalue weighted by molar-refractivity contribution is 5.88. The lowest BCUT2D eigenvalue weighted by molar-refractivity contribution is -0.147. The smallest absolute Gasteiger partial charge is 0.333 e. The first-order valence-electron chi connectivity index (χ1n) is 9.07. The van der Waals surface area contributed by atoms with Gasteiger partial charge in [0, 0.05) is 16.7 Å². The standard InChI is InChI=1S/C21H25F3O4/c1-7-12-13(18(24)17(23)11(3)16(12)22)9-28-20(26)15-14(21(15,4)5)8-10(2)19(25)27-6/h8,14-15H,7,9H2,1-6H3/b10-8+/t14-,15+/m1/s1. The predicted molar refractivity (Wildman–Crippen MR) is 96.8 cm³/mol. The number of carbonyl (C=O) groups is 2. The number of rotatable bonds is 6. The molecular weight excluding hydrogens is 373 g/mol. The van der Waals surface area contributed by atoms with Crippen molar-refractivity contribution in [2.24, 2.45) is 17.3 Å². The minimum atomic E-state index is -1.28. The molecule has 2 atom stereocenters. The Labute approximate surface area is 162 Å². The molecule has 1 aromatic rings. The molecule has 0 heterocycles. The molecule has 0 N–H and O–H groups in total. The van der Waals surface area contributed by atoms with Crippen LogP contribution in [-0.4, -0.2) is 19.0 Å². The fraction of sp³-hybridized carbons (Fsp3) is 0.524.